The van der Waals surface area contributed by atoms with Crippen molar-refractivity contribution in [1.82, 2.24) is 15.2 Å². The Morgan fingerprint density at radius 1 is 1.05 bits per heavy atom. The predicted octanol–water partition coefficient (Wildman–Crippen LogP) is 7.55. The maximum Gasteiger partial charge on any atom is 0.0510 e. The summed E-state index contributed by atoms with van der Waals surface area (Å²) in [4.78, 5) is 7.42. The number of nitrogens with zero attached hydrogens (tertiary/aromatic N) is 2. The van der Waals surface area contributed by atoms with Gasteiger partial charge >= 0.3 is 0 Å². The maximum absolute atomic E-state index is 4.77. The summed E-state index contributed by atoms with van der Waals surface area (Å²) in [6.07, 6.45) is 17.3. The van der Waals surface area contributed by atoms with E-state index in [2.05, 4.69) is 90.4 Å². The average molecular weight is 514 g/mol. The lowest BCUT2D eigenvalue weighted by atomic mass is 9.91. The molecule has 1 aromatic heterocycles. The van der Waals surface area contributed by atoms with Gasteiger partial charge in [0.1, 0.15) is 0 Å². The molecule has 214 valence electrons. The molecule has 0 bridgehead atoms. The Kier molecular flexibility index (Phi) is 21.6. The number of likely N-dealkylation sites (tertiary alicyclic amines) is 1. The van der Waals surface area contributed by atoms with Crippen LogP contribution in [0.4, 0.5) is 0 Å². The molecule has 0 aliphatic carbocycles. The highest BCUT2D eigenvalue weighted by Gasteiger charge is 2.22. The summed E-state index contributed by atoms with van der Waals surface area (Å²) in [6, 6.07) is 2.14. The summed E-state index contributed by atoms with van der Waals surface area (Å²) in [5.41, 5.74) is 1.34. The first-order valence-electron chi connectivity index (χ1n) is 15.3. The number of hydrogen-bond acceptors (Lipinski definition) is 3. The molecule has 0 aromatic carbocycles. The Labute approximate surface area is 231 Å². The summed E-state index contributed by atoms with van der Waals surface area (Å²) in [5.74, 6) is 3.27. The number of piperidine rings is 2. The quantitative estimate of drug-likeness (QED) is 0.398. The molecule has 2 aliphatic heterocycles. The number of nitrogens with one attached hydrogen (secondary N) is 1. The molecule has 0 spiro atoms. The van der Waals surface area contributed by atoms with E-state index in [0.29, 0.717) is 5.92 Å². The first-order chi connectivity index (χ1) is 17.7. The lowest BCUT2D eigenvalue weighted by Crippen LogP contribution is -2.38. The van der Waals surface area contributed by atoms with Gasteiger partial charge in [-0.15, -0.1) is 6.58 Å². The van der Waals surface area contributed by atoms with Crippen LogP contribution < -0.4 is 15.8 Å². The number of hydrogen-bond donors (Lipinski definition) is 1. The second-order valence-electron chi connectivity index (χ2n) is 11.8. The highest BCUT2D eigenvalue weighted by atomic mass is 15.1. The Morgan fingerprint density at radius 2 is 1.62 bits per heavy atom. The third kappa shape index (κ3) is 17.6. The van der Waals surface area contributed by atoms with E-state index in [0.717, 1.165) is 24.2 Å². The largest absolute Gasteiger partial charge is 0.317 e. The van der Waals surface area contributed by atoms with E-state index in [1.54, 1.807) is 6.08 Å². The number of aromatic nitrogens is 1. The average Bonchev–Trinajstić information content (AvgIpc) is 2.86. The topological polar surface area (TPSA) is 28.2 Å². The Bertz CT molecular complexity index is 779. The third-order valence-electron chi connectivity index (χ3n) is 6.63. The minimum absolute atomic E-state index is 0.633. The van der Waals surface area contributed by atoms with Crippen LogP contribution in [0.2, 0.25) is 0 Å². The number of rotatable bonds is 6. The van der Waals surface area contributed by atoms with E-state index in [1.807, 2.05) is 13.1 Å². The van der Waals surface area contributed by atoms with Crippen LogP contribution in [0.15, 0.2) is 24.9 Å². The van der Waals surface area contributed by atoms with E-state index < -0.39 is 0 Å². The van der Waals surface area contributed by atoms with Gasteiger partial charge in [-0.05, 0) is 126 Å². The fraction of sp³-hybridized carbons (Fsp3) is 0.735. The van der Waals surface area contributed by atoms with Gasteiger partial charge in [0.15, 0.2) is 0 Å². The molecule has 0 amide bonds. The monoisotopic (exact) mass is 514 g/mol. The zero-order valence-corrected chi connectivity index (χ0v) is 26.3. The second kappa shape index (κ2) is 22.5. The third-order valence-corrected chi connectivity index (χ3v) is 6.63. The molecule has 2 saturated heterocycles. The van der Waals surface area contributed by atoms with Crippen LogP contribution in [0.25, 0.3) is 12.2 Å². The van der Waals surface area contributed by atoms with Gasteiger partial charge < -0.3 is 10.2 Å². The molecule has 2 fully saturated rings. The van der Waals surface area contributed by atoms with E-state index in [4.69, 9.17) is 4.98 Å². The molecule has 3 rings (SSSR count). The first-order valence-corrected chi connectivity index (χ1v) is 15.3. The summed E-state index contributed by atoms with van der Waals surface area (Å²) >= 11 is 0. The van der Waals surface area contributed by atoms with E-state index in [1.165, 1.54) is 87.4 Å². The summed E-state index contributed by atoms with van der Waals surface area (Å²) < 4.78 is 0. The number of pyridine rings is 1. The molecule has 2 aliphatic rings. The fourth-order valence-corrected chi connectivity index (χ4v) is 4.63. The normalized spacial score (nSPS) is 17.9. The van der Waals surface area contributed by atoms with Crippen LogP contribution in [-0.2, 0) is 0 Å². The minimum atomic E-state index is 0.633. The Balaban J connectivity index is 0.000000755. The van der Waals surface area contributed by atoms with Gasteiger partial charge in [-0.1, -0.05) is 66.7 Å². The highest BCUT2D eigenvalue weighted by molar-refractivity contribution is 5.33. The zero-order valence-electron chi connectivity index (χ0n) is 26.3. The van der Waals surface area contributed by atoms with Gasteiger partial charge in [0.25, 0.3) is 0 Å². The Hall–Kier alpha value is -1.45. The van der Waals surface area contributed by atoms with E-state index >= 15 is 0 Å². The summed E-state index contributed by atoms with van der Waals surface area (Å²) in [5, 5.41) is 6.04. The number of allylic oxidation sites excluding steroid dienone is 1. The molecule has 0 radical (unpaired) electrons. The van der Waals surface area contributed by atoms with Crippen LogP contribution in [0.3, 0.4) is 0 Å². The van der Waals surface area contributed by atoms with Crippen LogP contribution in [0.1, 0.15) is 119 Å². The van der Waals surface area contributed by atoms with Crippen LogP contribution in [0, 0.1) is 17.8 Å². The van der Waals surface area contributed by atoms with Crippen molar-refractivity contribution in [3.63, 3.8) is 0 Å². The molecule has 3 heterocycles. The molecule has 0 saturated carbocycles. The molecule has 37 heavy (non-hydrogen) atoms. The molecular formula is C34H63N3. The first kappa shape index (κ1) is 35.5. The standard InChI is InChI=1S/C21H34N2.C6H13N.C4H10.C3H6/c1-5-8-20-18(6-2)10-13-22-21(20)19-11-15-23(16-12-19)14-7-9-17(3)4;1-6-2-4-7-5-3-6;1-4(2)3;1-3-2/h6,8,10,13,17,19H,5,7,9,11-12,14-16H2,1-4H3;6-7H,2-5H2,1H3;4H,1-3H3;3H,1H2,2H3/b18-6-,20-8+;;;. The highest BCUT2D eigenvalue weighted by Crippen LogP contribution is 2.24. The maximum atomic E-state index is 4.77. The van der Waals surface area contributed by atoms with Gasteiger partial charge in [-0.25, -0.2) is 0 Å². The molecule has 3 heteroatoms. The molecule has 1 aromatic rings. The molecule has 0 atom stereocenters. The van der Waals surface area contributed by atoms with E-state index in [9.17, 15) is 0 Å². The fourth-order valence-electron chi connectivity index (χ4n) is 4.63. The van der Waals surface area contributed by atoms with Crippen LogP contribution in [-0.4, -0.2) is 42.6 Å². The predicted molar refractivity (Wildman–Crippen MR) is 169 cm³/mol. The van der Waals surface area contributed by atoms with Crippen LogP contribution >= 0.6 is 0 Å². The van der Waals surface area contributed by atoms with Crippen molar-refractivity contribution in [3.05, 3.63) is 41.0 Å². The van der Waals surface area contributed by atoms with Crippen molar-refractivity contribution in [3.8, 4) is 0 Å². The van der Waals surface area contributed by atoms with Crippen molar-refractivity contribution < 1.29 is 0 Å². The van der Waals surface area contributed by atoms with Gasteiger partial charge in [0, 0.05) is 12.1 Å². The lowest BCUT2D eigenvalue weighted by Gasteiger charge is -2.32. The summed E-state index contributed by atoms with van der Waals surface area (Å²) in [7, 11) is 0. The van der Waals surface area contributed by atoms with Gasteiger partial charge in [-0.3, -0.25) is 4.98 Å². The minimum Gasteiger partial charge on any atom is -0.317 e. The van der Waals surface area contributed by atoms with Crippen molar-refractivity contribution >= 4 is 12.2 Å². The zero-order chi connectivity index (χ0) is 28.1. The van der Waals surface area contributed by atoms with Crippen molar-refractivity contribution in [1.29, 1.82) is 0 Å². The van der Waals surface area contributed by atoms with Crippen LogP contribution in [0.5, 0.6) is 0 Å². The lowest BCUT2D eigenvalue weighted by molar-refractivity contribution is 0.204. The second-order valence-corrected chi connectivity index (χ2v) is 11.8. The van der Waals surface area contributed by atoms with Crippen molar-refractivity contribution in [2.45, 2.75) is 113 Å². The van der Waals surface area contributed by atoms with Crippen molar-refractivity contribution in [2.24, 2.45) is 17.8 Å². The molecule has 3 nitrogen and oxygen atoms in total. The van der Waals surface area contributed by atoms with Gasteiger partial charge in [0.2, 0.25) is 0 Å². The molecule has 1 N–H and O–H groups in total. The SMILES string of the molecule is C/C=c1/ccnc(C2CCN(CCCC(C)C)CC2)/c1=C/CC.C=CC.CC(C)C.CC1CCNCC1. The smallest absolute Gasteiger partial charge is 0.0510 e. The van der Waals surface area contributed by atoms with E-state index in [-0.39, 0.29) is 0 Å². The molecular weight excluding hydrogens is 450 g/mol. The van der Waals surface area contributed by atoms with Crippen molar-refractivity contribution in [2.75, 3.05) is 32.7 Å². The molecule has 0 unspecified atom stereocenters. The summed E-state index contributed by atoms with van der Waals surface area (Å²) in [6.45, 7) is 29.3. The van der Waals surface area contributed by atoms with Gasteiger partial charge in [0.05, 0.1) is 5.69 Å². The van der Waals surface area contributed by atoms with Gasteiger partial charge in [-0.2, -0.15) is 0 Å². The Morgan fingerprint density at radius 3 is 2.05 bits per heavy atom.